The Kier molecular flexibility index (Phi) is 5.03. The summed E-state index contributed by atoms with van der Waals surface area (Å²) < 4.78 is 39.8. The monoisotopic (exact) mass is 372 g/mol. The summed E-state index contributed by atoms with van der Waals surface area (Å²) in [4.78, 5) is 4.83. The Bertz CT molecular complexity index is 899. The lowest BCUT2D eigenvalue weighted by molar-refractivity contribution is -0.137. The van der Waals surface area contributed by atoms with Crippen LogP contribution in [-0.4, -0.2) is 4.98 Å². The number of nitriles is 1. The normalized spacial score (nSPS) is 15.0. The number of benzene rings is 1. The Hall–Kier alpha value is -2.35. The third-order valence-electron chi connectivity index (χ3n) is 5.02. The molecular weight excluding hydrogens is 349 g/mol. The molecule has 1 aliphatic rings. The number of aryl methyl sites for hydroxylation is 1. The summed E-state index contributed by atoms with van der Waals surface area (Å²) in [7, 11) is 0. The van der Waals surface area contributed by atoms with Crippen LogP contribution < -0.4 is 0 Å². The maximum atomic E-state index is 13.3. The molecule has 0 fully saturated rings. The number of rotatable bonds is 1. The maximum Gasteiger partial charge on any atom is 0.416 e. The van der Waals surface area contributed by atoms with Crippen LogP contribution in [0, 0.1) is 11.3 Å². The molecule has 0 bridgehead atoms. The van der Waals surface area contributed by atoms with E-state index < -0.39 is 11.7 Å². The van der Waals surface area contributed by atoms with Gasteiger partial charge in [-0.3, -0.25) is 4.98 Å². The topological polar surface area (TPSA) is 36.7 Å². The van der Waals surface area contributed by atoms with Gasteiger partial charge in [0.05, 0.1) is 16.8 Å². The molecule has 2 nitrogen and oxygen atoms in total. The van der Waals surface area contributed by atoms with Crippen LogP contribution in [0.2, 0.25) is 0 Å². The summed E-state index contributed by atoms with van der Waals surface area (Å²) in [5.74, 6) is 0. The zero-order valence-corrected chi connectivity index (χ0v) is 15.9. The number of hydrogen-bond acceptors (Lipinski definition) is 2. The van der Waals surface area contributed by atoms with E-state index in [0.717, 1.165) is 55.5 Å². The Morgan fingerprint density at radius 2 is 1.74 bits per heavy atom. The van der Waals surface area contributed by atoms with Crippen molar-refractivity contribution in [3.05, 3.63) is 52.3 Å². The van der Waals surface area contributed by atoms with Crippen LogP contribution in [0.4, 0.5) is 13.2 Å². The molecule has 1 aliphatic carbocycles. The molecule has 0 saturated carbocycles. The lowest BCUT2D eigenvalue weighted by atomic mass is 9.82. The Balaban J connectivity index is 2.36. The minimum absolute atomic E-state index is 0.372. The minimum atomic E-state index is -4.42. The second kappa shape index (κ2) is 6.99. The van der Waals surface area contributed by atoms with Gasteiger partial charge in [-0.25, -0.2) is 0 Å². The van der Waals surface area contributed by atoms with Crippen molar-refractivity contribution in [2.24, 2.45) is 0 Å². The molecule has 0 unspecified atom stereocenters. The van der Waals surface area contributed by atoms with Gasteiger partial charge < -0.3 is 0 Å². The summed E-state index contributed by atoms with van der Waals surface area (Å²) in [6.45, 7) is 5.94. The largest absolute Gasteiger partial charge is 0.416 e. The average molecular weight is 372 g/mol. The molecule has 27 heavy (non-hydrogen) atoms. The molecule has 0 amide bonds. The molecule has 1 heterocycles. The van der Waals surface area contributed by atoms with Crippen molar-refractivity contribution in [1.29, 1.82) is 5.26 Å². The number of nitrogens with zero attached hydrogens (tertiary/aromatic N) is 2. The fourth-order valence-corrected chi connectivity index (χ4v) is 3.74. The summed E-state index contributed by atoms with van der Waals surface area (Å²) in [5, 5.41) is 9.91. The average Bonchev–Trinajstić information content (AvgIpc) is 2.83. The third-order valence-corrected chi connectivity index (χ3v) is 5.02. The Labute approximate surface area is 158 Å². The second-order valence-corrected chi connectivity index (χ2v) is 8.14. The van der Waals surface area contributed by atoms with Crippen molar-refractivity contribution in [1.82, 2.24) is 4.98 Å². The van der Waals surface area contributed by atoms with Gasteiger partial charge in [-0.15, -0.1) is 0 Å². The highest BCUT2D eigenvalue weighted by Crippen LogP contribution is 2.39. The molecule has 0 spiro atoms. The molecule has 5 heteroatoms. The van der Waals surface area contributed by atoms with E-state index in [0.29, 0.717) is 22.4 Å². The van der Waals surface area contributed by atoms with Crippen LogP contribution in [0.25, 0.3) is 11.1 Å². The third kappa shape index (κ3) is 3.85. The van der Waals surface area contributed by atoms with Gasteiger partial charge >= 0.3 is 6.18 Å². The summed E-state index contributed by atoms with van der Waals surface area (Å²) in [6, 6.07) is 7.57. The standard InChI is InChI=1S/C22H23F3N2/c1-21(2,3)20-17(13-26)19(16-10-5-4-6-11-18(16)27-20)14-8-7-9-15(12-14)22(23,24)25/h7-9,12H,4-6,10-11H2,1-3H3. The zero-order valence-electron chi connectivity index (χ0n) is 15.9. The molecule has 0 saturated heterocycles. The van der Waals surface area contributed by atoms with Gasteiger partial charge in [-0.2, -0.15) is 18.4 Å². The number of hydrogen-bond donors (Lipinski definition) is 0. The van der Waals surface area contributed by atoms with Gasteiger partial charge in [-0.05, 0) is 48.9 Å². The van der Waals surface area contributed by atoms with Gasteiger partial charge in [0.2, 0.25) is 0 Å². The maximum absolute atomic E-state index is 13.3. The van der Waals surface area contributed by atoms with E-state index in [4.69, 9.17) is 4.98 Å². The Morgan fingerprint density at radius 3 is 2.37 bits per heavy atom. The molecule has 1 aromatic heterocycles. The van der Waals surface area contributed by atoms with Crippen molar-refractivity contribution in [2.75, 3.05) is 0 Å². The number of halogens is 3. The van der Waals surface area contributed by atoms with Crippen LogP contribution >= 0.6 is 0 Å². The van der Waals surface area contributed by atoms with E-state index in [9.17, 15) is 18.4 Å². The number of alkyl halides is 3. The SMILES string of the molecule is CC(C)(C)c1nc2c(c(-c3cccc(C(F)(F)F)c3)c1C#N)CCCCC2. The van der Waals surface area contributed by atoms with Crippen molar-refractivity contribution in [3.63, 3.8) is 0 Å². The molecule has 0 aliphatic heterocycles. The van der Waals surface area contributed by atoms with Crippen LogP contribution in [-0.2, 0) is 24.4 Å². The number of pyridine rings is 1. The first-order chi connectivity index (χ1) is 12.6. The molecule has 1 aromatic carbocycles. The van der Waals surface area contributed by atoms with Crippen molar-refractivity contribution >= 4 is 0 Å². The zero-order chi connectivity index (χ0) is 19.8. The van der Waals surface area contributed by atoms with Gasteiger partial charge in [0, 0.05) is 16.7 Å². The minimum Gasteiger partial charge on any atom is -0.256 e. The van der Waals surface area contributed by atoms with Gasteiger partial charge in [0.25, 0.3) is 0 Å². The summed E-state index contributed by atoms with van der Waals surface area (Å²) >= 11 is 0. The van der Waals surface area contributed by atoms with Crippen LogP contribution in [0.5, 0.6) is 0 Å². The summed E-state index contributed by atoms with van der Waals surface area (Å²) in [6.07, 6.45) is 0.159. The summed E-state index contributed by atoms with van der Waals surface area (Å²) in [5.41, 5.74) is 2.97. The van der Waals surface area contributed by atoms with Crippen LogP contribution in [0.3, 0.4) is 0 Å². The predicted octanol–water partition coefficient (Wildman–Crippen LogP) is 6.21. The van der Waals surface area contributed by atoms with Crippen molar-refractivity contribution < 1.29 is 13.2 Å². The van der Waals surface area contributed by atoms with E-state index in [1.807, 2.05) is 20.8 Å². The lowest BCUT2D eigenvalue weighted by Crippen LogP contribution is -2.19. The van der Waals surface area contributed by atoms with Crippen LogP contribution in [0.1, 0.15) is 68.1 Å². The molecule has 0 N–H and O–H groups in total. The van der Waals surface area contributed by atoms with Crippen molar-refractivity contribution in [3.8, 4) is 17.2 Å². The lowest BCUT2D eigenvalue weighted by Gasteiger charge is -2.25. The number of aromatic nitrogens is 1. The van der Waals surface area contributed by atoms with E-state index in [1.54, 1.807) is 6.07 Å². The first-order valence-electron chi connectivity index (χ1n) is 9.27. The highest BCUT2D eigenvalue weighted by molar-refractivity contribution is 5.77. The van der Waals surface area contributed by atoms with E-state index in [-0.39, 0.29) is 5.41 Å². The van der Waals surface area contributed by atoms with Gasteiger partial charge in [-0.1, -0.05) is 39.3 Å². The van der Waals surface area contributed by atoms with E-state index in [2.05, 4.69) is 6.07 Å². The smallest absolute Gasteiger partial charge is 0.256 e. The first-order valence-corrected chi connectivity index (χ1v) is 9.27. The Morgan fingerprint density at radius 1 is 1.04 bits per heavy atom. The van der Waals surface area contributed by atoms with Gasteiger partial charge in [0.1, 0.15) is 6.07 Å². The second-order valence-electron chi connectivity index (χ2n) is 8.14. The van der Waals surface area contributed by atoms with Crippen molar-refractivity contribution in [2.45, 2.75) is 64.5 Å². The van der Waals surface area contributed by atoms with Gasteiger partial charge in [0.15, 0.2) is 0 Å². The molecule has 2 aromatic rings. The number of fused-ring (bicyclic) bond motifs is 1. The predicted molar refractivity (Wildman–Crippen MR) is 99.3 cm³/mol. The molecular formula is C22H23F3N2. The molecule has 3 rings (SSSR count). The molecule has 0 radical (unpaired) electrons. The fraction of sp³-hybridized carbons (Fsp3) is 0.455. The quantitative estimate of drug-likeness (QED) is 0.558. The highest BCUT2D eigenvalue weighted by atomic mass is 19.4. The fourth-order valence-electron chi connectivity index (χ4n) is 3.74. The molecule has 0 atom stereocenters. The highest BCUT2D eigenvalue weighted by Gasteiger charge is 2.32. The molecule has 142 valence electrons. The first kappa shape index (κ1) is 19.4. The van der Waals surface area contributed by atoms with E-state index >= 15 is 0 Å². The van der Waals surface area contributed by atoms with E-state index in [1.165, 1.54) is 6.07 Å². The van der Waals surface area contributed by atoms with Crippen LogP contribution in [0.15, 0.2) is 24.3 Å².